The summed E-state index contributed by atoms with van der Waals surface area (Å²) in [6, 6.07) is 17.9. The van der Waals surface area contributed by atoms with Crippen LogP contribution in [0.15, 0.2) is 66.7 Å². The van der Waals surface area contributed by atoms with Crippen molar-refractivity contribution < 1.29 is 18.7 Å². The smallest absolute Gasteiger partial charge is 0.255 e. The Bertz CT molecular complexity index is 1110. The summed E-state index contributed by atoms with van der Waals surface area (Å²) in [5, 5.41) is 2.89. The van der Waals surface area contributed by atoms with Crippen molar-refractivity contribution in [3.05, 3.63) is 94.8 Å². The number of anilines is 1. The number of carbonyl (C=O) groups is 2. The molecule has 1 aliphatic heterocycles. The van der Waals surface area contributed by atoms with E-state index < -0.39 is 6.04 Å². The molecule has 1 N–H and O–H groups in total. The minimum Gasteiger partial charge on any atom is -0.497 e. The lowest BCUT2D eigenvalue weighted by molar-refractivity contribution is -0.117. The first-order valence-corrected chi connectivity index (χ1v) is 9.57. The number of benzene rings is 3. The molecule has 6 heteroatoms. The lowest BCUT2D eigenvalue weighted by atomic mass is 9.94. The van der Waals surface area contributed by atoms with Crippen LogP contribution in [-0.2, 0) is 4.79 Å². The molecular formula is C24H21FN2O3. The number of hydrogen-bond acceptors (Lipinski definition) is 3. The fourth-order valence-corrected chi connectivity index (χ4v) is 3.74. The third-order valence-electron chi connectivity index (χ3n) is 5.16. The number of aryl methyl sites for hydroxylation is 1. The number of carbonyl (C=O) groups excluding carboxylic acids is 2. The van der Waals surface area contributed by atoms with Crippen LogP contribution in [0.25, 0.3) is 0 Å². The second-order valence-electron chi connectivity index (χ2n) is 7.26. The molecule has 0 saturated carbocycles. The lowest BCUT2D eigenvalue weighted by Crippen LogP contribution is -2.39. The lowest BCUT2D eigenvalue weighted by Gasteiger charge is -2.31. The van der Waals surface area contributed by atoms with E-state index in [0.29, 0.717) is 17.0 Å². The molecule has 0 radical (unpaired) electrons. The summed E-state index contributed by atoms with van der Waals surface area (Å²) in [4.78, 5) is 27.7. The molecular weight excluding hydrogens is 383 g/mol. The fourth-order valence-electron chi connectivity index (χ4n) is 3.74. The molecule has 0 bridgehead atoms. The van der Waals surface area contributed by atoms with Crippen molar-refractivity contribution in [3.63, 3.8) is 0 Å². The molecule has 0 aliphatic carbocycles. The van der Waals surface area contributed by atoms with Gasteiger partial charge in [-0.15, -0.1) is 0 Å². The maximum Gasteiger partial charge on any atom is 0.255 e. The van der Waals surface area contributed by atoms with E-state index in [0.717, 1.165) is 16.7 Å². The van der Waals surface area contributed by atoms with E-state index in [2.05, 4.69) is 5.32 Å². The van der Waals surface area contributed by atoms with Gasteiger partial charge in [0.05, 0.1) is 13.2 Å². The maximum atomic E-state index is 13.6. The van der Waals surface area contributed by atoms with Crippen LogP contribution in [0.3, 0.4) is 0 Å². The van der Waals surface area contributed by atoms with Crippen LogP contribution in [0.1, 0.15) is 33.1 Å². The van der Waals surface area contributed by atoms with Gasteiger partial charge in [-0.3, -0.25) is 9.59 Å². The first-order valence-electron chi connectivity index (χ1n) is 9.57. The number of fused-ring (bicyclic) bond motifs is 1. The number of hydrogen-bond donors (Lipinski definition) is 1. The number of amides is 2. The van der Waals surface area contributed by atoms with Gasteiger partial charge in [-0.05, 0) is 48.9 Å². The molecule has 0 saturated heterocycles. The number of halogens is 1. The Morgan fingerprint density at radius 1 is 1.10 bits per heavy atom. The van der Waals surface area contributed by atoms with Gasteiger partial charge in [0.1, 0.15) is 18.1 Å². The Balaban J connectivity index is 1.88. The Labute approximate surface area is 174 Å². The molecule has 0 aromatic heterocycles. The topological polar surface area (TPSA) is 58.6 Å². The van der Waals surface area contributed by atoms with E-state index >= 15 is 0 Å². The highest BCUT2D eigenvalue weighted by Gasteiger charge is 2.34. The summed E-state index contributed by atoms with van der Waals surface area (Å²) in [7, 11) is 1.53. The second kappa shape index (κ2) is 7.99. The van der Waals surface area contributed by atoms with Gasteiger partial charge in [-0.25, -0.2) is 4.39 Å². The van der Waals surface area contributed by atoms with Crippen LogP contribution in [0.2, 0.25) is 0 Å². The van der Waals surface area contributed by atoms with E-state index in [1.807, 2.05) is 25.1 Å². The molecule has 3 aromatic rings. The quantitative estimate of drug-likeness (QED) is 0.707. The molecule has 1 atom stereocenters. The molecule has 5 nitrogen and oxygen atoms in total. The number of ether oxygens (including phenoxy) is 1. The van der Waals surface area contributed by atoms with Crippen molar-refractivity contribution >= 4 is 17.5 Å². The second-order valence-corrected chi connectivity index (χ2v) is 7.26. The Morgan fingerprint density at radius 2 is 1.87 bits per heavy atom. The summed E-state index contributed by atoms with van der Waals surface area (Å²) in [5.41, 5.74) is 3.54. The van der Waals surface area contributed by atoms with Crippen LogP contribution < -0.4 is 10.1 Å². The number of nitrogens with zero attached hydrogens (tertiary/aromatic N) is 1. The van der Waals surface area contributed by atoms with Gasteiger partial charge in [0, 0.05) is 16.8 Å². The normalized spacial score (nSPS) is 15.8. The van der Waals surface area contributed by atoms with Gasteiger partial charge in [0.15, 0.2) is 0 Å². The summed E-state index contributed by atoms with van der Waals surface area (Å²) >= 11 is 0. The summed E-state index contributed by atoms with van der Waals surface area (Å²) < 4.78 is 18.8. The SMILES string of the molecule is COc1cccc(C(=O)N2CC(=O)Nc3ccc(C)cc3[C@@H]2c2ccc(F)cc2)c1. The van der Waals surface area contributed by atoms with Gasteiger partial charge in [0.2, 0.25) is 5.91 Å². The van der Waals surface area contributed by atoms with Gasteiger partial charge in [0.25, 0.3) is 5.91 Å². The number of rotatable bonds is 3. The molecule has 0 spiro atoms. The molecule has 152 valence electrons. The van der Waals surface area contributed by atoms with Crippen molar-refractivity contribution in [3.8, 4) is 5.75 Å². The van der Waals surface area contributed by atoms with Crippen molar-refractivity contribution in [2.45, 2.75) is 13.0 Å². The standard InChI is InChI=1S/C24H21FN2O3/c1-15-6-11-21-20(12-15)23(16-7-9-18(25)10-8-16)27(14-22(28)26-21)24(29)17-4-3-5-19(13-17)30-2/h3-13,23H,14H2,1-2H3,(H,26,28)/t23-/m0/s1. The van der Waals surface area contributed by atoms with Crippen LogP contribution in [0.4, 0.5) is 10.1 Å². The van der Waals surface area contributed by atoms with Crippen LogP contribution in [-0.4, -0.2) is 30.4 Å². The highest BCUT2D eigenvalue weighted by Crippen LogP contribution is 2.37. The average molecular weight is 404 g/mol. The minimum absolute atomic E-state index is 0.133. The molecule has 2 amide bonds. The van der Waals surface area contributed by atoms with E-state index in [4.69, 9.17) is 4.74 Å². The average Bonchev–Trinajstić information content (AvgIpc) is 2.89. The summed E-state index contributed by atoms with van der Waals surface area (Å²) in [5.74, 6) is -0.417. The van der Waals surface area contributed by atoms with E-state index in [9.17, 15) is 14.0 Å². The van der Waals surface area contributed by atoms with Crippen molar-refractivity contribution in [1.29, 1.82) is 0 Å². The molecule has 1 aliphatic rings. The van der Waals surface area contributed by atoms with Crippen molar-refractivity contribution in [2.75, 3.05) is 19.0 Å². The molecule has 4 rings (SSSR count). The zero-order chi connectivity index (χ0) is 21.3. The highest BCUT2D eigenvalue weighted by atomic mass is 19.1. The minimum atomic E-state index is -0.557. The Hall–Kier alpha value is -3.67. The zero-order valence-electron chi connectivity index (χ0n) is 16.7. The van der Waals surface area contributed by atoms with E-state index in [1.165, 1.54) is 24.1 Å². The maximum absolute atomic E-state index is 13.6. The Kier molecular flexibility index (Phi) is 5.23. The van der Waals surface area contributed by atoms with Gasteiger partial charge in [-0.2, -0.15) is 0 Å². The molecule has 0 fully saturated rings. The fraction of sp³-hybridized carbons (Fsp3) is 0.167. The summed E-state index contributed by atoms with van der Waals surface area (Å²) in [6.07, 6.45) is 0. The zero-order valence-corrected chi connectivity index (χ0v) is 16.7. The molecule has 3 aromatic carbocycles. The largest absolute Gasteiger partial charge is 0.497 e. The first-order chi connectivity index (χ1) is 14.5. The van der Waals surface area contributed by atoms with Crippen LogP contribution >= 0.6 is 0 Å². The highest BCUT2D eigenvalue weighted by molar-refractivity contribution is 6.01. The summed E-state index contributed by atoms with van der Waals surface area (Å²) in [6.45, 7) is 1.81. The third kappa shape index (κ3) is 3.76. The first kappa shape index (κ1) is 19.6. The van der Waals surface area contributed by atoms with Gasteiger partial charge < -0.3 is 15.0 Å². The van der Waals surface area contributed by atoms with E-state index in [-0.39, 0.29) is 24.2 Å². The molecule has 0 unspecified atom stereocenters. The molecule has 1 heterocycles. The number of methoxy groups -OCH3 is 1. The van der Waals surface area contributed by atoms with Crippen LogP contribution in [0, 0.1) is 12.7 Å². The van der Waals surface area contributed by atoms with Crippen molar-refractivity contribution in [1.82, 2.24) is 4.90 Å². The predicted octanol–water partition coefficient (Wildman–Crippen LogP) is 4.33. The third-order valence-corrected chi connectivity index (χ3v) is 5.16. The monoisotopic (exact) mass is 404 g/mol. The van der Waals surface area contributed by atoms with Gasteiger partial charge in [-0.1, -0.05) is 35.9 Å². The number of nitrogens with one attached hydrogen (secondary N) is 1. The van der Waals surface area contributed by atoms with Gasteiger partial charge >= 0.3 is 0 Å². The molecule has 30 heavy (non-hydrogen) atoms. The van der Waals surface area contributed by atoms with Crippen molar-refractivity contribution in [2.24, 2.45) is 0 Å². The van der Waals surface area contributed by atoms with Crippen LogP contribution in [0.5, 0.6) is 5.75 Å². The predicted molar refractivity (Wildman–Crippen MR) is 112 cm³/mol. The Morgan fingerprint density at radius 3 is 2.60 bits per heavy atom. The van der Waals surface area contributed by atoms with E-state index in [1.54, 1.807) is 36.4 Å².